The molecule has 2 aromatic rings. The number of carbonyl (C=O) groups is 2. The first-order valence-corrected chi connectivity index (χ1v) is 11.7. The third-order valence-electron chi connectivity index (χ3n) is 4.73. The molecule has 0 radical (unpaired) electrons. The summed E-state index contributed by atoms with van der Waals surface area (Å²) in [6.07, 6.45) is 4.81. The highest BCUT2D eigenvalue weighted by Gasteiger charge is 2.18. The molecule has 1 aromatic heterocycles. The summed E-state index contributed by atoms with van der Waals surface area (Å²) in [5.41, 5.74) is 1.78. The van der Waals surface area contributed by atoms with Crippen molar-refractivity contribution in [3.05, 3.63) is 34.5 Å². The molecule has 1 heterocycles. The summed E-state index contributed by atoms with van der Waals surface area (Å²) in [7, 11) is 1.85. The molecular formula is C24H33NO4S. The van der Waals surface area contributed by atoms with E-state index in [-0.39, 0.29) is 11.9 Å². The Bertz CT molecular complexity index is 830. The van der Waals surface area contributed by atoms with Gasteiger partial charge in [-0.3, -0.25) is 9.59 Å². The van der Waals surface area contributed by atoms with Crippen molar-refractivity contribution in [2.45, 2.75) is 65.8 Å². The molecule has 0 spiro atoms. The van der Waals surface area contributed by atoms with Crippen molar-refractivity contribution in [3.8, 4) is 22.6 Å². The molecule has 0 bridgehead atoms. The molecule has 6 heteroatoms. The normalized spacial score (nSPS) is 10.7. The van der Waals surface area contributed by atoms with Gasteiger partial charge in [0.15, 0.2) is 11.5 Å². The molecular weight excluding hydrogens is 398 g/mol. The van der Waals surface area contributed by atoms with Gasteiger partial charge in [-0.1, -0.05) is 38.8 Å². The molecule has 0 N–H and O–H groups in total. The highest BCUT2D eigenvalue weighted by atomic mass is 32.1. The topological polar surface area (TPSA) is 55.8 Å². The number of thiophene rings is 1. The van der Waals surface area contributed by atoms with E-state index < -0.39 is 0 Å². The summed E-state index contributed by atoms with van der Waals surface area (Å²) in [4.78, 5) is 27.3. The van der Waals surface area contributed by atoms with Crippen molar-refractivity contribution >= 4 is 23.2 Å². The molecule has 164 valence electrons. The van der Waals surface area contributed by atoms with Crippen LogP contribution in [0.25, 0.3) is 11.1 Å². The first kappa shape index (κ1) is 23.9. The highest BCUT2D eigenvalue weighted by Crippen LogP contribution is 2.40. The Hall–Kier alpha value is -2.34. The third kappa shape index (κ3) is 6.87. The minimum absolute atomic E-state index is 0.172. The molecule has 0 unspecified atom stereocenters. The quantitative estimate of drug-likeness (QED) is 0.233. The maximum Gasteiger partial charge on any atom is 0.311 e. The lowest BCUT2D eigenvalue weighted by Crippen LogP contribution is -2.25. The van der Waals surface area contributed by atoms with Crippen LogP contribution in [0.5, 0.6) is 11.5 Å². The fourth-order valence-corrected chi connectivity index (χ4v) is 4.07. The van der Waals surface area contributed by atoms with Crippen molar-refractivity contribution in [1.29, 1.82) is 0 Å². The van der Waals surface area contributed by atoms with Crippen LogP contribution in [0.3, 0.4) is 0 Å². The second-order valence-electron chi connectivity index (χ2n) is 7.30. The van der Waals surface area contributed by atoms with Gasteiger partial charge < -0.3 is 14.4 Å². The number of hydrogen-bond acceptors (Lipinski definition) is 5. The number of unbranched alkanes of at least 4 members (excludes halogenated alkanes) is 2. The van der Waals surface area contributed by atoms with Crippen molar-refractivity contribution in [3.63, 3.8) is 0 Å². The first-order valence-electron chi connectivity index (χ1n) is 10.8. The van der Waals surface area contributed by atoms with E-state index in [9.17, 15) is 9.59 Å². The summed E-state index contributed by atoms with van der Waals surface area (Å²) in [5.74, 6) is 0.936. The number of rotatable bonds is 12. The predicted molar refractivity (Wildman–Crippen MR) is 122 cm³/mol. The fourth-order valence-electron chi connectivity index (χ4n) is 3.13. The van der Waals surface area contributed by atoms with Gasteiger partial charge in [0.25, 0.3) is 0 Å². The lowest BCUT2D eigenvalue weighted by molar-refractivity contribution is -0.134. The molecule has 30 heavy (non-hydrogen) atoms. The number of para-hydroxylation sites is 1. The first-order chi connectivity index (χ1) is 14.5. The molecule has 1 amide bonds. The number of amides is 1. The largest absolute Gasteiger partial charge is 0.490 e. The zero-order chi connectivity index (χ0) is 21.9. The lowest BCUT2D eigenvalue weighted by atomic mass is 10.1. The van der Waals surface area contributed by atoms with Gasteiger partial charge in [0, 0.05) is 30.3 Å². The van der Waals surface area contributed by atoms with Crippen molar-refractivity contribution < 1.29 is 19.1 Å². The Morgan fingerprint density at radius 3 is 2.57 bits per heavy atom. The van der Waals surface area contributed by atoms with E-state index in [0.29, 0.717) is 37.5 Å². The van der Waals surface area contributed by atoms with E-state index in [0.717, 1.165) is 41.7 Å². The van der Waals surface area contributed by atoms with Crippen LogP contribution in [0.2, 0.25) is 0 Å². The van der Waals surface area contributed by atoms with Crippen molar-refractivity contribution in [2.24, 2.45) is 0 Å². The SMILES string of the molecule is CCCCCC(=O)N(C)Cc1cc(-c2cccc(OCC)c2OC(=O)CCC)cs1. The Labute approximate surface area is 184 Å². The van der Waals surface area contributed by atoms with E-state index in [1.54, 1.807) is 16.2 Å². The molecule has 2 rings (SSSR count). The van der Waals surface area contributed by atoms with Gasteiger partial charge in [0.1, 0.15) is 0 Å². The smallest absolute Gasteiger partial charge is 0.311 e. The summed E-state index contributed by atoms with van der Waals surface area (Å²) < 4.78 is 11.4. The van der Waals surface area contributed by atoms with Gasteiger partial charge in [-0.15, -0.1) is 11.3 Å². The molecule has 0 aliphatic heterocycles. The van der Waals surface area contributed by atoms with Gasteiger partial charge >= 0.3 is 5.97 Å². The lowest BCUT2D eigenvalue weighted by Gasteiger charge is -2.16. The highest BCUT2D eigenvalue weighted by molar-refractivity contribution is 7.10. The van der Waals surface area contributed by atoms with Crippen LogP contribution < -0.4 is 9.47 Å². The van der Waals surface area contributed by atoms with Crippen LogP contribution in [0.4, 0.5) is 0 Å². The summed E-state index contributed by atoms with van der Waals surface area (Å²) in [6, 6.07) is 7.71. The molecule has 5 nitrogen and oxygen atoms in total. The van der Waals surface area contributed by atoms with Gasteiger partial charge in [-0.25, -0.2) is 0 Å². The second kappa shape index (κ2) is 12.4. The number of benzene rings is 1. The third-order valence-corrected chi connectivity index (χ3v) is 5.65. The molecule has 0 saturated carbocycles. The van der Waals surface area contributed by atoms with Crippen LogP contribution >= 0.6 is 11.3 Å². The van der Waals surface area contributed by atoms with E-state index >= 15 is 0 Å². The average molecular weight is 432 g/mol. The second-order valence-corrected chi connectivity index (χ2v) is 8.29. The summed E-state index contributed by atoms with van der Waals surface area (Å²) in [5, 5.41) is 2.03. The minimum Gasteiger partial charge on any atom is -0.490 e. The van der Waals surface area contributed by atoms with Crippen LogP contribution in [-0.4, -0.2) is 30.4 Å². The van der Waals surface area contributed by atoms with Crippen LogP contribution in [-0.2, 0) is 16.1 Å². The van der Waals surface area contributed by atoms with E-state index in [2.05, 4.69) is 13.0 Å². The monoisotopic (exact) mass is 431 g/mol. The van der Waals surface area contributed by atoms with Crippen LogP contribution in [0, 0.1) is 0 Å². The minimum atomic E-state index is -0.265. The number of nitrogens with zero attached hydrogens (tertiary/aromatic N) is 1. The summed E-state index contributed by atoms with van der Waals surface area (Å²) >= 11 is 1.60. The Morgan fingerprint density at radius 2 is 1.87 bits per heavy atom. The average Bonchev–Trinajstić information content (AvgIpc) is 3.18. The number of esters is 1. The van der Waals surface area contributed by atoms with Gasteiger partial charge in [-0.2, -0.15) is 0 Å². The molecule has 0 aliphatic rings. The van der Waals surface area contributed by atoms with E-state index in [1.807, 2.05) is 44.5 Å². The zero-order valence-corrected chi connectivity index (χ0v) is 19.3. The van der Waals surface area contributed by atoms with Gasteiger partial charge in [-0.05, 0) is 42.8 Å². The van der Waals surface area contributed by atoms with E-state index in [1.165, 1.54) is 0 Å². The number of hydrogen-bond donors (Lipinski definition) is 0. The fraction of sp³-hybridized carbons (Fsp3) is 0.500. The molecule has 0 fully saturated rings. The number of ether oxygens (including phenoxy) is 2. The Morgan fingerprint density at radius 1 is 1.07 bits per heavy atom. The maximum atomic E-state index is 12.3. The molecule has 0 atom stereocenters. The zero-order valence-electron chi connectivity index (χ0n) is 18.5. The predicted octanol–water partition coefficient (Wildman–Crippen LogP) is 6.06. The Balaban J connectivity index is 2.19. The summed E-state index contributed by atoms with van der Waals surface area (Å²) in [6.45, 7) is 7.05. The van der Waals surface area contributed by atoms with Crippen LogP contribution in [0.1, 0.15) is 64.2 Å². The Kier molecular flexibility index (Phi) is 9.87. The standard InChI is InChI=1S/C24H33NO4S/c1-5-8-9-14-22(26)25(4)16-19-15-18(17-30-19)20-12-10-13-21(28-7-3)24(20)29-23(27)11-6-2/h10,12-13,15,17H,5-9,11,14,16H2,1-4H3. The van der Waals surface area contributed by atoms with E-state index in [4.69, 9.17) is 9.47 Å². The van der Waals surface area contributed by atoms with Crippen molar-refractivity contribution in [1.82, 2.24) is 4.90 Å². The van der Waals surface area contributed by atoms with Crippen LogP contribution in [0.15, 0.2) is 29.6 Å². The van der Waals surface area contributed by atoms with Gasteiger partial charge in [0.05, 0.1) is 13.2 Å². The maximum absolute atomic E-state index is 12.3. The molecule has 0 saturated heterocycles. The number of carbonyl (C=O) groups excluding carboxylic acids is 2. The van der Waals surface area contributed by atoms with Crippen molar-refractivity contribution in [2.75, 3.05) is 13.7 Å². The van der Waals surface area contributed by atoms with Gasteiger partial charge in [0.2, 0.25) is 5.91 Å². The molecule has 1 aromatic carbocycles. The molecule has 0 aliphatic carbocycles.